The van der Waals surface area contributed by atoms with Crippen molar-refractivity contribution in [2.75, 3.05) is 23.3 Å². The van der Waals surface area contributed by atoms with E-state index in [4.69, 9.17) is 0 Å². The number of amides is 1. The van der Waals surface area contributed by atoms with Crippen LogP contribution in [-0.2, 0) is 11.3 Å². The Bertz CT molecular complexity index is 698. The van der Waals surface area contributed by atoms with Gasteiger partial charge in [-0.05, 0) is 56.0 Å². The minimum absolute atomic E-state index is 0.0277. The summed E-state index contributed by atoms with van der Waals surface area (Å²) in [5.74, 6) is 1.10. The average Bonchev–Trinajstić information content (AvgIpc) is 2.68. The van der Waals surface area contributed by atoms with Crippen molar-refractivity contribution < 1.29 is 4.79 Å². The number of hydrogen-bond acceptors (Lipinski definition) is 4. The third-order valence-electron chi connectivity index (χ3n) is 4.69. The number of rotatable bonds is 7. The highest BCUT2D eigenvalue weighted by Gasteiger charge is 2.13. The van der Waals surface area contributed by atoms with Gasteiger partial charge in [-0.2, -0.15) is 0 Å². The molecule has 1 aromatic carbocycles. The van der Waals surface area contributed by atoms with Gasteiger partial charge >= 0.3 is 0 Å². The van der Waals surface area contributed by atoms with Crippen LogP contribution in [-0.4, -0.2) is 30.0 Å². The lowest BCUT2D eigenvalue weighted by atomic mass is 10.1. The van der Waals surface area contributed by atoms with Gasteiger partial charge in [0, 0.05) is 44.0 Å². The first-order chi connectivity index (χ1) is 12.7. The molecule has 26 heavy (non-hydrogen) atoms. The summed E-state index contributed by atoms with van der Waals surface area (Å²) in [6, 6.07) is 13.9. The second-order valence-corrected chi connectivity index (χ2v) is 6.97. The molecule has 138 valence electrons. The number of para-hydroxylation sites is 1. The summed E-state index contributed by atoms with van der Waals surface area (Å²) in [5.41, 5.74) is 2.04. The zero-order valence-corrected chi connectivity index (χ0v) is 15.4. The molecule has 1 aromatic heterocycles. The van der Waals surface area contributed by atoms with Crippen LogP contribution >= 0.6 is 0 Å². The van der Waals surface area contributed by atoms with E-state index in [0.717, 1.165) is 31.1 Å². The lowest BCUT2D eigenvalue weighted by Gasteiger charge is -2.28. The number of nitrogens with zero attached hydrogens (tertiary/aromatic N) is 2. The Kier molecular flexibility index (Phi) is 6.61. The molecule has 0 saturated carbocycles. The molecule has 1 atom stereocenters. The van der Waals surface area contributed by atoms with Crippen molar-refractivity contribution in [1.29, 1.82) is 0 Å². The highest BCUT2D eigenvalue weighted by Crippen LogP contribution is 2.18. The number of hydrogen-bond donors (Lipinski definition) is 2. The van der Waals surface area contributed by atoms with Crippen molar-refractivity contribution in [2.45, 2.75) is 45.2 Å². The molecule has 0 bridgehead atoms. The van der Waals surface area contributed by atoms with E-state index in [1.54, 1.807) is 0 Å². The van der Waals surface area contributed by atoms with Gasteiger partial charge in [0.1, 0.15) is 5.82 Å². The lowest BCUT2D eigenvalue weighted by Crippen LogP contribution is -2.31. The van der Waals surface area contributed by atoms with E-state index in [0.29, 0.717) is 6.42 Å². The molecule has 1 aliphatic rings. The summed E-state index contributed by atoms with van der Waals surface area (Å²) in [4.78, 5) is 19.0. The van der Waals surface area contributed by atoms with Crippen LogP contribution in [0.1, 0.15) is 38.2 Å². The summed E-state index contributed by atoms with van der Waals surface area (Å²) in [7, 11) is 0. The van der Waals surface area contributed by atoms with Crippen molar-refractivity contribution in [2.24, 2.45) is 0 Å². The summed E-state index contributed by atoms with van der Waals surface area (Å²) in [5, 5.41) is 6.37. The van der Waals surface area contributed by atoms with Crippen molar-refractivity contribution in [3.8, 4) is 0 Å². The standard InChI is InChI=1S/C21H28N4O/c1-17(14-21(26)24-19-8-4-2-5-9-19)23-16-18-10-11-22-20(15-18)25-12-6-3-7-13-25/h2,4-5,8-11,15,17,23H,3,6-7,12-14,16H2,1H3,(H,24,26)/t17-/m1/s1. The van der Waals surface area contributed by atoms with Crippen LogP contribution in [0.25, 0.3) is 0 Å². The van der Waals surface area contributed by atoms with Crippen molar-refractivity contribution >= 4 is 17.4 Å². The van der Waals surface area contributed by atoms with Crippen LogP contribution in [0.15, 0.2) is 48.7 Å². The van der Waals surface area contributed by atoms with Crippen molar-refractivity contribution in [3.63, 3.8) is 0 Å². The maximum Gasteiger partial charge on any atom is 0.225 e. The number of aromatic nitrogens is 1. The van der Waals surface area contributed by atoms with Gasteiger partial charge in [-0.1, -0.05) is 18.2 Å². The largest absolute Gasteiger partial charge is 0.357 e. The van der Waals surface area contributed by atoms with Crippen molar-refractivity contribution in [1.82, 2.24) is 10.3 Å². The van der Waals surface area contributed by atoms with Crippen LogP contribution in [0.2, 0.25) is 0 Å². The molecule has 0 unspecified atom stereocenters. The number of carbonyl (C=O) groups is 1. The fourth-order valence-corrected chi connectivity index (χ4v) is 3.24. The van der Waals surface area contributed by atoms with Gasteiger partial charge in [0.25, 0.3) is 0 Å². The van der Waals surface area contributed by atoms with Gasteiger partial charge in [-0.15, -0.1) is 0 Å². The first-order valence-electron chi connectivity index (χ1n) is 9.49. The predicted molar refractivity (Wildman–Crippen MR) is 106 cm³/mol. The quantitative estimate of drug-likeness (QED) is 0.800. The highest BCUT2D eigenvalue weighted by molar-refractivity contribution is 5.90. The fraction of sp³-hybridized carbons (Fsp3) is 0.429. The van der Waals surface area contributed by atoms with Gasteiger partial charge in [-0.3, -0.25) is 4.79 Å². The zero-order chi connectivity index (χ0) is 18.2. The van der Waals surface area contributed by atoms with E-state index in [9.17, 15) is 4.79 Å². The van der Waals surface area contributed by atoms with Crippen LogP contribution in [0.5, 0.6) is 0 Å². The van der Waals surface area contributed by atoms with Crippen LogP contribution in [0, 0.1) is 0 Å². The first-order valence-corrected chi connectivity index (χ1v) is 9.49. The zero-order valence-electron chi connectivity index (χ0n) is 15.4. The van der Waals surface area contributed by atoms with E-state index < -0.39 is 0 Å². The summed E-state index contributed by atoms with van der Waals surface area (Å²) in [6.07, 6.45) is 6.14. The maximum absolute atomic E-state index is 12.1. The second-order valence-electron chi connectivity index (χ2n) is 6.97. The fourth-order valence-electron chi connectivity index (χ4n) is 3.24. The Morgan fingerprint density at radius 2 is 1.92 bits per heavy atom. The molecule has 1 saturated heterocycles. The Hall–Kier alpha value is -2.40. The molecule has 0 spiro atoms. The minimum Gasteiger partial charge on any atom is -0.357 e. The Morgan fingerprint density at radius 1 is 1.15 bits per heavy atom. The SMILES string of the molecule is C[C@H](CC(=O)Nc1ccccc1)NCc1ccnc(N2CCCCC2)c1. The maximum atomic E-state index is 12.1. The molecule has 1 aliphatic heterocycles. The van der Waals surface area contributed by atoms with E-state index in [2.05, 4.69) is 26.6 Å². The third kappa shape index (κ3) is 5.56. The summed E-state index contributed by atoms with van der Waals surface area (Å²) < 4.78 is 0. The molecular weight excluding hydrogens is 324 g/mol. The molecule has 0 aliphatic carbocycles. The number of piperidine rings is 1. The highest BCUT2D eigenvalue weighted by atomic mass is 16.1. The molecule has 5 nitrogen and oxygen atoms in total. The van der Waals surface area contributed by atoms with E-state index in [1.807, 2.05) is 49.5 Å². The molecule has 0 radical (unpaired) electrons. The van der Waals surface area contributed by atoms with E-state index in [-0.39, 0.29) is 11.9 Å². The third-order valence-corrected chi connectivity index (χ3v) is 4.69. The van der Waals surface area contributed by atoms with E-state index in [1.165, 1.54) is 24.8 Å². The van der Waals surface area contributed by atoms with Crippen LogP contribution in [0.4, 0.5) is 11.5 Å². The predicted octanol–water partition coefficient (Wildman–Crippen LogP) is 3.58. The number of nitrogens with one attached hydrogen (secondary N) is 2. The van der Waals surface area contributed by atoms with Crippen molar-refractivity contribution in [3.05, 3.63) is 54.2 Å². The monoisotopic (exact) mass is 352 g/mol. The molecule has 5 heteroatoms. The molecule has 1 fully saturated rings. The smallest absolute Gasteiger partial charge is 0.225 e. The summed E-state index contributed by atoms with van der Waals surface area (Å²) >= 11 is 0. The van der Waals surface area contributed by atoms with Crippen LogP contribution in [0.3, 0.4) is 0 Å². The molecule has 1 amide bonds. The number of anilines is 2. The molecule has 2 aromatic rings. The van der Waals surface area contributed by atoms with Gasteiger partial charge in [0.15, 0.2) is 0 Å². The van der Waals surface area contributed by atoms with Gasteiger partial charge < -0.3 is 15.5 Å². The first kappa shape index (κ1) is 18.4. The van der Waals surface area contributed by atoms with E-state index >= 15 is 0 Å². The molecule has 3 rings (SSSR count). The van der Waals surface area contributed by atoms with Gasteiger partial charge in [0.05, 0.1) is 0 Å². The minimum atomic E-state index is 0.0277. The number of benzene rings is 1. The average molecular weight is 352 g/mol. The Labute approximate surface area is 155 Å². The van der Waals surface area contributed by atoms with Gasteiger partial charge in [-0.25, -0.2) is 4.98 Å². The van der Waals surface area contributed by atoms with Crippen LogP contribution < -0.4 is 15.5 Å². The molecule has 2 heterocycles. The normalized spacial score (nSPS) is 15.5. The lowest BCUT2D eigenvalue weighted by molar-refractivity contribution is -0.116. The molecule has 2 N–H and O–H groups in total. The Morgan fingerprint density at radius 3 is 2.69 bits per heavy atom. The second kappa shape index (κ2) is 9.34. The topological polar surface area (TPSA) is 57.3 Å². The van der Waals surface area contributed by atoms with Gasteiger partial charge in [0.2, 0.25) is 5.91 Å². The number of pyridine rings is 1. The Balaban J connectivity index is 1.46. The summed E-state index contributed by atoms with van der Waals surface area (Å²) in [6.45, 7) is 4.97. The number of carbonyl (C=O) groups excluding carboxylic acids is 1. The molecular formula is C21H28N4O.